The van der Waals surface area contributed by atoms with Crippen LogP contribution in [0.15, 0.2) is 48.7 Å². The lowest BCUT2D eigenvalue weighted by Gasteiger charge is -2.17. The molecule has 5 heteroatoms. The number of aliphatic hydroxyl groups is 1. The Morgan fingerprint density at radius 3 is 2.64 bits per heavy atom. The van der Waals surface area contributed by atoms with Crippen molar-refractivity contribution >= 4 is 6.03 Å². The van der Waals surface area contributed by atoms with Crippen molar-refractivity contribution in [3.8, 4) is 0 Å². The minimum atomic E-state index is -0.401. The highest BCUT2D eigenvalue weighted by Crippen LogP contribution is 2.11. The fourth-order valence-electron chi connectivity index (χ4n) is 2.10. The molecule has 0 saturated heterocycles. The van der Waals surface area contributed by atoms with E-state index in [1.54, 1.807) is 0 Å². The molecule has 2 aromatic rings. The van der Waals surface area contributed by atoms with Crippen molar-refractivity contribution in [3.05, 3.63) is 65.5 Å². The molecule has 0 aliphatic carbocycles. The summed E-state index contributed by atoms with van der Waals surface area (Å²) in [5, 5.41) is 15.0. The van der Waals surface area contributed by atoms with Gasteiger partial charge >= 0.3 is 6.03 Å². The molecule has 0 saturated carbocycles. The van der Waals surface area contributed by atoms with Crippen LogP contribution in [0.1, 0.15) is 22.9 Å². The first-order valence-corrected chi connectivity index (χ1v) is 7.30. The number of hydrogen-bond donors (Lipinski definition) is 3. The van der Waals surface area contributed by atoms with E-state index >= 15 is 0 Å². The molecule has 116 valence electrons. The van der Waals surface area contributed by atoms with Gasteiger partial charge in [-0.3, -0.25) is 4.98 Å². The van der Waals surface area contributed by atoms with E-state index in [4.69, 9.17) is 0 Å². The van der Waals surface area contributed by atoms with Gasteiger partial charge in [-0.25, -0.2) is 4.79 Å². The second kappa shape index (κ2) is 8.14. The van der Waals surface area contributed by atoms with Crippen LogP contribution in [-0.2, 0) is 6.42 Å². The molecular weight excluding hydrogens is 278 g/mol. The zero-order valence-electron chi connectivity index (χ0n) is 12.6. The Morgan fingerprint density at radius 1 is 1.23 bits per heavy atom. The van der Waals surface area contributed by atoms with Crippen LogP contribution in [0.3, 0.4) is 0 Å². The standard InChI is InChI=1S/C17H21N3O2/c1-13-7-8-14(11-19-13)9-10-18-17(22)20-16(12-21)15-5-3-2-4-6-15/h2-8,11,16,21H,9-10,12H2,1H3,(H2,18,20,22). The number of benzene rings is 1. The predicted octanol–water partition coefficient (Wildman–Crippen LogP) is 1.97. The van der Waals surface area contributed by atoms with Crippen LogP contribution in [0.25, 0.3) is 0 Å². The van der Waals surface area contributed by atoms with E-state index < -0.39 is 6.04 Å². The number of aryl methyl sites for hydroxylation is 1. The van der Waals surface area contributed by atoms with Crippen LogP contribution in [0.2, 0.25) is 0 Å². The number of carbonyl (C=O) groups excluding carboxylic acids is 1. The zero-order valence-corrected chi connectivity index (χ0v) is 12.6. The third-order valence-electron chi connectivity index (χ3n) is 3.36. The molecule has 5 nitrogen and oxygen atoms in total. The molecule has 0 aliphatic rings. The Hall–Kier alpha value is -2.40. The summed E-state index contributed by atoms with van der Waals surface area (Å²) in [6.45, 7) is 2.32. The molecule has 1 aromatic heterocycles. The van der Waals surface area contributed by atoms with Crippen LogP contribution in [-0.4, -0.2) is 29.3 Å². The van der Waals surface area contributed by atoms with Gasteiger partial charge in [0, 0.05) is 18.4 Å². The van der Waals surface area contributed by atoms with Crippen LogP contribution in [0.4, 0.5) is 4.79 Å². The Labute approximate surface area is 130 Å². The van der Waals surface area contributed by atoms with Crippen LogP contribution >= 0.6 is 0 Å². The van der Waals surface area contributed by atoms with E-state index in [2.05, 4.69) is 15.6 Å². The summed E-state index contributed by atoms with van der Waals surface area (Å²) in [4.78, 5) is 16.1. The summed E-state index contributed by atoms with van der Waals surface area (Å²) < 4.78 is 0. The molecule has 22 heavy (non-hydrogen) atoms. The zero-order chi connectivity index (χ0) is 15.8. The molecular formula is C17H21N3O2. The van der Waals surface area contributed by atoms with Crippen molar-refractivity contribution in [3.63, 3.8) is 0 Å². The second-order valence-electron chi connectivity index (χ2n) is 5.10. The number of urea groups is 1. The summed E-state index contributed by atoms with van der Waals surface area (Å²) in [5.41, 5.74) is 2.93. The van der Waals surface area contributed by atoms with Crippen molar-refractivity contribution in [2.24, 2.45) is 0 Å². The fourth-order valence-corrected chi connectivity index (χ4v) is 2.10. The van der Waals surface area contributed by atoms with Crippen LogP contribution in [0, 0.1) is 6.92 Å². The van der Waals surface area contributed by atoms with E-state index in [0.29, 0.717) is 6.54 Å². The van der Waals surface area contributed by atoms with Gasteiger partial charge in [0.2, 0.25) is 0 Å². The molecule has 1 unspecified atom stereocenters. The topological polar surface area (TPSA) is 74.2 Å². The highest BCUT2D eigenvalue weighted by molar-refractivity contribution is 5.74. The molecule has 0 spiro atoms. The van der Waals surface area contributed by atoms with Gasteiger partial charge in [-0.2, -0.15) is 0 Å². The second-order valence-corrected chi connectivity index (χ2v) is 5.10. The number of carbonyl (C=O) groups is 1. The highest BCUT2D eigenvalue weighted by atomic mass is 16.3. The van der Waals surface area contributed by atoms with Crippen molar-refractivity contribution in [1.82, 2.24) is 15.6 Å². The van der Waals surface area contributed by atoms with Gasteiger partial charge in [0.1, 0.15) is 0 Å². The Balaban J connectivity index is 1.78. The summed E-state index contributed by atoms with van der Waals surface area (Å²) in [5.74, 6) is 0. The maximum atomic E-state index is 11.9. The quantitative estimate of drug-likeness (QED) is 0.763. The maximum Gasteiger partial charge on any atom is 0.315 e. The number of pyridine rings is 1. The lowest BCUT2D eigenvalue weighted by atomic mass is 10.1. The first-order valence-electron chi connectivity index (χ1n) is 7.30. The number of amides is 2. The molecule has 0 radical (unpaired) electrons. The molecule has 1 atom stereocenters. The average molecular weight is 299 g/mol. The van der Waals surface area contributed by atoms with Gasteiger partial charge in [-0.1, -0.05) is 36.4 Å². The minimum Gasteiger partial charge on any atom is -0.394 e. The SMILES string of the molecule is Cc1ccc(CCNC(=O)NC(CO)c2ccccc2)cn1. The van der Waals surface area contributed by atoms with Gasteiger partial charge in [0.25, 0.3) is 0 Å². The molecule has 2 amide bonds. The molecule has 2 rings (SSSR count). The Kier molecular flexibility index (Phi) is 5.91. The molecule has 0 aliphatic heterocycles. The number of aromatic nitrogens is 1. The van der Waals surface area contributed by atoms with Gasteiger partial charge in [0.05, 0.1) is 12.6 Å². The largest absolute Gasteiger partial charge is 0.394 e. The van der Waals surface area contributed by atoms with Gasteiger partial charge in [0.15, 0.2) is 0 Å². The van der Waals surface area contributed by atoms with E-state index in [-0.39, 0.29) is 12.6 Å². The number of nitrogens with one attached hydrogen (secondary N) is 2. The first-order chi connectivity index (χ1) is 10.7. The van der Waals surface area contributed by atoms with E-state index in [9.17, 15) is 9.90 Å². The summed E-state index contributed by atoms with van der Waals surface area (Å²) in [7, 11) is 0. The molecule has 3 N–H and O–H groups in total. The normalized spacial score (nSPS) is 11.7. The summed E-state index contributed by atoms with van der Waals surface area (Å²) in [6, 6.07) is 12.7. The average Bonchev–Trinajstić information content (AvgIpc) is 2.55. The summed E-state index contributed by atoms with van der Waals surface area (Å²) >= 11 is 0. The number of nitrogens with zero attached hydrogens (tertiary/aromatic N) is 1. The molecule has 1 heterocycles. The van der Waals surface area contributed by atoms with Crippen molar-refractivity contribution in [2.45, 2.75) is 19.4 Å². The van der Waals surface area contributed by atoms with Crippen molar-refractivity contribution < 1.29 is 9.90 Å². The van der Waals surface area contributed by atoms with E-state index in [1.807, 2.05) is 55.6 Å². The van der Waals surface area contributed by atoms with Crippen molar-refractivity contribution in [1.29, 1.82) is 0 Å². The third-order valence-corrected chi connectivity index (χ3v) is 3.36. The van der Waals surface area contributed by atoms with E-state index in [1.165, 1.54) is 0 Å². The van der Waals surface area contributed by atoms with Gasteiger partial charge in [-0.15, -0.1) is 0 Å². The molecule has 0 fully saturated rings. The van der Waals surface area contributed by atoms with Gasteiger partial charge in [-0.05, 0) is 30.5 Å². The predicted molar refractivity (Wildman–Crippen MR) is 85.5 cm³/mol. The lowest BCUT2D eigenvalue weighted by Crippen LogP contribution is -2.40. The molecule has 0 bridgehead atoms. The number of rotatable bonds is 6. The maximum absolute atomic E-state index is 11.9. The van der Waals surface area contributed by atoms with Gasteiger partial charge < -0.3 is 15.7 Å². The Morgan fingerprint density at radius 2 is 2.00 bits per heavy atom. The minimum absolute atomic E-state index is 0.140. The molecule has 1 aromatic carbocycles. The van der Waals surface area contributed by atoms with Crippen LogP contribution < -0.4 is 10.6 Å². The van der Waals surface area contributed by atoms with Crippen molar-refractivity contribution in [2.75, 3.05) is 13.2 Å². The number of aliphatic hydroxyl groups excluding tert-OH is 1. The number of hydrogen-bond acceptors (Lipinski definition) is 3. The first kappa shape index (κ1) is 16.0. The smallest absolute Gasteiger partial charge is 0.315 e. The van der Waals surface area contributed by atoms with Crippen LogP contribution in [0.5, 0.6) is 0 Å². The lowest BCUT2D eigenvalue weighted by molar-refractivity contribution is 0.217. The fraction of sp³-hybridized carbons (Fsp3) is 0.294. The highest BCUT2D eigenvalue weighted by Gasteiger charge is 2.12. The monoisotopic (exact) mass is 299 g/mol. The summed E-state index contributed by atoms with van der Waals surface area (Å²) in [6.07, 6.45) is 2.53. The van der Waals surface area contributed by atoms with E-state index in [0.717, 1.165) is 23.2 Å². The third kappa shape index (κ3) is 4.86. The Bertz CT molecular complexity index is 585.